The number of nitrogens with zero attached hydrogens (tertiary/aromatic N) is 1. The Morgan fingerprint density at radius 1 is 1.47 bits per heavy atom. The van der Waals surface area contributed by atoms with Crippen LogP contribution in [0.25, 0.3) is 0 Å². The molecule has 2 N–H and O–H groups in total. The minimum Gasteiger partial charge on any atom is -0.398 e. The van der Waals surface area contributed by atoms with Gasteiger partial charge in [0.2, 0.25) is 10.0 Å². The number of halogens is 1. The highest BCUT2D eigenvalue weighted by Gasteiger charge is 2.32. The number of hydrogen-bond acceptors (Lipinski definition) is 3. The van der Waals surface area contributed by atoms with Gasteiger partial charge in [-0.25, -0.2) is 12.8 Å². The average Bonchev–Trinajstić information content (AvgIpc) is 3.15. The van der Waals surface area contributed by atoms with E-state index in [4.69, 9.17) is 12.2 Å². The summed E-state index contributed by atoms with van der Waals surface area (Å²) in [6.07, 6.45) is 7.20. The minimum atomic E-state index is -3.85. The molecule has 0 radical (unpaired) electrons. The van der Waals surface area contributed by atoms with Crippen molar-refractivity contribution in [3.63, 3.8) is 0 Å². The molecule has 6 heteroatoms. The van der Waals surface area contributed by atoms with Crippen molar-refractivity contribution in [1.29, 1.82) is 0 Å². The predicted octanol–water partition coefficient (Wildman–Crippen LogP) is 1.44. The van der Waals surface area contributed by atoms with Gasteiger partial charge in [0.1, 0.15) is 10.7 Å². The number of benzene rings is 1. The molecule has 0 aliphatic heterocycles. The molecule has 19 heavy (non-hydrogen) atoms. The summed E-state index contributed by atoms with van der Waals surface area (Å²) < 4.78 is 39.3. The zero-order valence-corrected chi connectivity index (χ0v) is 11.2. The molecular weight excluding hydrogens is 267 g/mol. The van der Waals surface area contributed by atoms with Gasteiger partial charge in [0.25, 0.3) is 0 Å². The third-order valence-corrected chi connectivity index (χ3v) is 4.89. The lowest BCUT2D eigenvalue weighted by atomic mass is 10.3. The van der Waals surface area contributed by atoms with E-state index in [0.717, 1.165) is 25.0 Å². The topological polar surface area (TPSA) is 63.4 Å². The average molecular weight is 282 g/mol. The van der Waals surface area contributed by atoms with Crippen LogP contribution in [0.5, 0.6) is 0 Å². The van der Waals surface area contributed by atoms with E-state index < -0.39 is 15.8 Å². The van der Waals surface area contributed by atoms with Crippen LogP contribution in [-0.2, 0) is 10.0 Å². The molecule has 0 unspecified atom stereocenters. The Balaban J connectivity index is 2.37. The fourth-order valence-electron chi connectivity index (χ4n) is 1.81. The van der Waals surface area contributed by atoms with E-state index in [2.05, 4.69) is 5.92 Å². The monoisotopic (exact) mass is 282 g/mol. The van der Waals surface area contributed by atoms with Crippen molar-refractivity contribution in [2.45, 2.75) is 17.7 Å². The lowest BCUT2D eigenvalue weighted by Crippen LogP contribution is -2.33. The van der Waals surface area contributed by atoms with E-state index in [-0.39, 0.29) is 17.1 Å². The number of nitrogen functional groups attached to an aromatic ring is 1. The molecule has 0 saturated heterocycles. The van der Waals surface area contributed by atoms with Crippen molar-refractivity contribution in [2.75, 3.05) is 18.8 Å². The maximum atomic E-state index is 13.2. The molecule has 1 aliphatic carbocycles. The van der Waals surface area contributed by atoms with E-state index in [9.17, 15) is 12.8 Å². The summed E-state index contributed by atoms with van der Waals surface area (Å²) in [6, 6.07) is 3.30. The van der Waals surface area contributed by atoms with Crippen molar-refractivity contribution in [1.82, 2.24) is 4.31 Å². The molecule has 2 rings (SSSR count). The Morgan fingerprint density at radius 2 is 2.16 bits per heavy atom. The first-order valence-corrected chi connectivity index (χ1v) is 7.38. The standard InChI is InChI=1S/C13H15FN2O2S/c1-2-7-16(9-10-3-4-10)19(17,18)13-8-11(14)5-6-12(13)15/h1,5-6,8,10H,3-4,7,9,15H2. The first-order chi connectivity index (χ1) is 8.95. The Kier molecular flexibility index (Phi) is 3.78. The van der Waals surface area contributed by atoms with E-state index in [1.54, 1.807) is 0 Å². The van der Waals surface area contributed by atoms with Gasteiger partial charge in [-0.15, -0.1) is 6.42 Å². The largest absolute Gasteiger partial charge is 0.398 e. The Morgan fingerprint density at radius 3 is 2.74 bits per heavy atom. The lowest BCUT2D eigenvalue weighted by Gasteiger charge is -2.20. The van der Waals surface area contributed by atoms with Crippen LogP contribution in [0.3, 0.4) is 0 Å². The fraction of sp³-hybridized carbons (Fsp3) is 0.385. The summed E-state index contributed by atoms with van der Waals surface area (Å²) >= 11 is 0. The fourth-order valence-corrected chi connectivity index (χ4v) is 3.37. The summed E-state index contributed by atoms with van der Waals surface area (Å²) in [5, 5.41) is 0. The van der Waals surface area contributed by atoms with Crippen LogP contribution in [0.4, 0.5) is 10.1 Å². The van der Waals surface area contributed by atoms with Gasteiger partial charge in [0, 0.05) is 6.54 Å². The molecule has 0 heterocycles. The van der Waals surface area contributed by atoms with Crippen molar-refractivity contribution < 1.29 is 12.8 Å². The second kappa shape index (κ2) is 5.19. The number of rotatable bonds is 5. The van der Waals surface area contributed by atoms with Crippen molar-refractivity contribution in [3.8, 4) is 12.3 Å². The second-order valence-electron chi connectivity index (χ2n) is 4.63. The molecule has 1 fully saturated rings. The van der Waals surface area contributed by atoms with Gasteiger partial charge in [-0.05, 0) is 37.0 Å². The molecule has 1 aromatic rings. The summed E-state index contributed by atoms with van der Waals surface area (Å²) in [6.45, 7) is 0.331. The number of hydrogen-bond donors (Lipinski definition) is 1. The highest BCUT2D eigenvalue weighted by atomic mass is 32.2. The maximum Gasteiger partial charge on any atom is 0.246 e. The first kappa shape index (κ1) is 13.8. The molecule has 1 aromatic carbocycles. The van der Waals surface area contributed by atoms with Crippen LogP contribution in [-0.4, -0.2) is 25.8 Å². The predicted molar refractivity (Wildman–Crippen MR) is 71.1 cm³/mol. The first-order valence-electron chi connectivity index (χ1n) is 5.94. The highest BCUT2D eigenvalue weighted by molar-refractivity contribution is 7.89. The van der Waals surface area contributed by atoms with Crippen molar-refractivity contribution >= 4 is 15.7 Å². The van der Waals surface area contributed by atoms with Crippen LogP contribution in [0, 0.1) is 24.1 Å². The Bertz CT molecular complexity index is 618. The number of nitrogens with two attached hydrogens (primary N) is 1. The van der Waals surface area contributed by atoms with E-state index in [1.165, 1.54) is 10.4 Å². The second-order valence-corrected chi connectivity index (χ2v) is 6.53. The van der Waals surface area contributed by atoms with Crippen LogP contribution in [0.1, 0.15) is 12.8 Å². The quantitative estimate of drug-likeness (QED) is 0.656. The zero-order chi connectivity index (χ0) is 14.0. The van der Waals surface area contributed by atoms with Crippen LogP contribution >= 0.6 is 0 Å². The van der Waals surface area contributed by atoms with E-state index in [1.807, 2.05) is 0 Å². The molecule has 1 aliphatic rings. The molecular formula is C13H15FN2O2S. The van der Waals surface area contributed by atoms with Crippen LogP contribution in [0.2, 0.25) is 0 Å². The molecule has 4 nitrogen and oxygen atoms in total. The van der Waals surface area contributed by atoms with Gasteiger partial charge in [0.15, 0.2) is 0 Å². The van der Waals surface area contributed by atoms with Gasteiger partial charge < -0.3 is 5.73 Å². The van der Waals surface area contributed by atoms with Gasteiger partial charge in [-0.1, -0.05) is 5.92 Å². The number of sulfonamides is 1. The molecule has 0 atom stereocenters. The highest BCUT2D eigenvalue weighted by Crippen LogP contribution is 2.32. The molecule has 0 amide bonds. The Hall–Kier alpha value is -1.58. The zero-order valence-electron chi connectivity index (χ0n) is 10.3. The SMILES string of the molecule is C#CCN(CC1CC1)S(=O)(=O)c1cc(F)ccc1N. The third-order valence-electron chi connectivity index (χ3n) is 3.02. The van der Waals surface area contributed by atoms with E-state index >= 15 is 0 Å². The molecule has 0 spiro atoms. The van der Waals surface area contributed by atoms with Crippen molar-refractivity contribution in [3.05, 3.63) is 24.0 Å². The van der Waals surface area contributed by atoms with Crippen LogP contribution < -0.4 is 5.73 Å². The summed E-state index contributed by atoms with van der Waals surface area (Å²) in [4.78, 5) is -0.219. The molecule has 0 aromatic heterocycles. The number of anilines is 1. The van der Waals surface area contributed by atoms with Gasteiger partial charge >= 0.3 is 0 Å². The van der Waals surface area contributed by atoms with E-state index in [0.29, 0.717) is 12.5 Å². The molecule has 1 saturated carbocycles. The Labute approximate surface area is 112 Å². The van der Waals surface area contributed by atoms with Gasteiger partial charge in [-0.3, -0.25) is 0 Å². The minimum absolute atomic E-state index is 0.0271. The summed E-state index contributed by atoms with van der Waals surface area (Å²) in [7, 11) is -3.85. The molecule has 0 bridgehead atoms. The lowest BCUT2D eigenvalue weighted by molar-refractivity contribution is 0.430. The number of terminal acetylenes is 1. The maximum absolute atomic E-state index is 13.2. The normalized spacial score (nSPS) is 15.4. The summed E-state index contributed by atoms with van der Waals surface area (Å²) in [5.74, 6) is 2.03. The van der Waals surface area contributed by atoms with Crippen LogP contribution in [0.15, 0.2) is 23.1 Å². The molecule has 102 valence electrons. The van der Waals surface area contributed by atoms with Gasteiger partial charge in [-0.2, -0.15) is 4.31 Å². The van der Waals surface area contributed by atoms with Crippen molar-refractivity contribution in [2.24, 2.45) is 5.92 Å². The third kappa shape index (κ3) is 3.06. The smallest absolute Gasteiger partial charge is 0.246 e. The summed E-state index contributed by atoms with van der Waals surface area (Å²) in [5.41, 5.74) is 5.66. The van der Waals surface area contributed by atoms with Gasteiger partial charge in [0.05, 0.1) is 12.2 Å².